The standard InChI is InChI=1S/C17H27N3O3/c1-17(2,3)23-16(22)20-10-7-14(12-20)13-5-4-9-19(11-13)15(21)6-8-18/h13-14H,4-7,9-12H2,1-3H3/t13-,14-/m0/s1. The van der Waals surface area contributed by atoms with E-state index < -0.39 is 5.60 Å². The second kappa shape index (κ2) is 7.20. The number of rotatable bonds is 2. The third kappa shape index (κ3) is 4.85. The van der Waals surface area contributed by atoms with E-state index in [4.69, 9.17) is 10.00 Å². The lowest BCUT2D eigenvalue weighted by Crippen LogP contribution is -2.43. The number of amides is 2. The minimum atomic E-state index is -0.472. The Morgan fingerprint density at radius 2 is 1.78 bits per heavy atom. The van der Waals surface area contributed by atoms with Crippen LogP contribution in [0.5, 0.6) is 0 Å². The van der Waals surface area contributed by atoms with E-state index in [-0.39, 0.29) is 18.4 Å². The van der Waals surface area contributed by atoms with Crippen molar-refractivity contribution >= 4 is 12.0 Å². The van der Waals surface area contributed by atoms with E-state index >= 15 is 0 Å². The summed E-state index contributed by atoms with van der Waals surface area (Å²) < 4.78 is 5.44. The molecule has 2 amide bonds. The highest BCUT2D eigenvalue weighted by atomic mass is 16.6. The van der Waals surface area contributed by atoms with Gasteiger partial charge >= 0.3 is 6.09 Å². The molecular weight excluding hydrogens is 294 g/mol. The third-order valence-electron chi connectivity index (χ3n) is 4.58. The minimum absolute atomic E-state index is 0.0403. The number of nitrogens with zero attached hydrogens (tertiary/aromatic N) is 3. The Kier molecular flexibility index (Phi) is 5.51. The van der Waals surface area contributed by atoms with Crippen LogP contribution < -0.4 is 0 Å². The fraction of sp³-hybridized carbons (Fsp3) is 0.824. The van der Waals surface area contributed by atoms with E-state index in [1.165, 1.54) is 0 Å². The van der Waals surface area contributed by atoms with Crippen LogP contribution in [-0.4, -0.2) is 53.6 Å². The van der Waals surface area contributed by atoms with Gasteiger partial charge < -0.3 is 14.5 Å². The average Bonchev–Trinajstić information content (AvgIpc) is 2.96. The molecule has 0 saturated carbocycles. The molecule has 0 aromatic rings. The maximum atomic E-state index is 12.2. The second-order valence-electron chi connectivity index (χ2n) is 7.55. The monoisotopic (exact) mass is 321 g/mol. The van der Waals surface area contributed by atoms with Crippen molar-refractivity contribution in [3.63, 3.8) is 0 Å². The van der Waals surface area contributed by atoms with Crippen LogP contribution in [0.4, 0.5) is 4.79 Å². The molecule has 0 aromatic heterocycles. The molecule has 2 atom stereocenters. The number of likely N-dealkylation sites (tertiary alicyclic amines) is 2. The van der Waals surface area contributed by atoms with Crippen LogP contribution in [0, 0.1) is 23.2 Å². The molecule has 2 saturated heterocycles. The fourth-order valence-electron chi connectivity index (χ4n) is 3.47. The predicted octanol–water partition coefficient (Wildman–Crippen LogP) is 2.40. The predicted molar refractivity (Wildman–Crippen MR) is 85.4 cm³/mol. The Labute approximate surface area is 138 Å². The summed E-state index contributed by atoms with van der Waals surface area (Å²) in [6.07, 6.45) is 2.74. The number of hydrogen-bond donors (Lipinski definition) is 0. The molecule has 0 N–H and O–H groups in total. The van der Waals surface area contributed by atoms with Crippen LogP contribution in [0.1, 0.15) is 46.5 Å². The van der Waals surface area contributed by atoms with Crippen molar-refractivity contribution in [3.8, 4) is 6.07 Å². The van der Waals surface area contributed by atoms with Crippen molar-refractivity contribution in [2.45, 2.75) is 52.1 Å². The quantitative estimate of drug-likeness (QED) is 0.783. The lowest BCUT2D eigenvalue weighted by atomic mass is 9.85. The molecule has 2 fully saturated rings. The van der Waals surface area contributed by atoms with Crippen LogP contribution in [0.15, 0.2) is 0 Å². The first-order valence-electron chi connectivity index (χ1n) is 8.43. The Balaban J connectivity index is 1.87. The molecular formula is C17H27N3O3. The van der Waals surface area contributed by atoms with Crippen molar-refractivity contribution < 1.29 is 14.3 Å². The van der Waals surface area contributed by atoms with Crippen LogP contribution in [0.2, 0.25) is 0 Å². The lowest BCUT2D eigenvalue weighted by molar-refractivity contribution is -0.132. The normalized spacial score (nSPS) is 25.1. The van der Waals surface area contributed by atoms with E-state index in [0.717, 1.165) is 32.4 Å². The number of nitriles is 1. The molecule has 128 valence electrons. The van der Waals surface area contributed by atoms with Crippen molar-refractivity contribution in [2.24, 2.45) is 11.8 Å². The molecule has 0 aromatic carbocycles. The molecule has 23 heavy (non-hydrogen) atoms. The van der Waals surface area contributed by atoms with Crippen molar-refractivity contribution in [1.82, 2.24) is 9.80 Å². The molecule has 2 rings (SSSR count). The van der Waals surface area contributed by atoms with Crippen LogP contribution in [0.25, 0.3) is 0 Å². The summed E-state index contributed by atoms with van der Waals surface area (Å²) in [6, 6.07) is 1.93. The van der Waals surface area contributed by atoms with Crippen LogP contribution >= 0.6 is 0 Å². The number of hydrogen-bond acceptors (Lipinski definition) is 4. The first-order valence-corrected chi connectivity index (χ1v) is 8.43. The maximum absolute atomic E-state index is 12.2. The summed E-state index contributed by atoms with van der Waals surface area (Å²) in [4.78, 5) is 27.7. The summed E-state index contributed by atoms with van der Waals surface area (Å²) in [7, 11) is 0. The molecule has 0 bridgehead atoms. The maximum Gasteiger partial charge on any atom is 0.410 e. The topological polar surface area (TPSA) is 73.6 Å². The van der Waals surface area contributed by atoms with Gasteiger partial charge in [-0.15, -0.1) is 0 Å². The lowest BCUT2D eigenvalue weighted by Gasteiger charge is -2.35. The highest BCUT2D eigenvalue weighted by Crippen LogP contribution is 2.31. The highest BCUT2D eigenvalue weighted by molar-refractivity contribution is 5.78. The summed E-state index contributed by atoms with van der Waals surface area (Å²) in [5, 5.41) is 8.68. The van der Waals surface area contributed by atoms with E-state index in [0.29, 0.717) is 24.9 Å². The minimum Gasteiger partial charge on any atom is -0.444 e. The SMILES string of the molecule is CC(C)(C)OC(=O)N1CC[C@H]([C@H]2CCCN(C(=O)CC#N)C2)C1. The van der Waals surface area contributed by atoms with Crippen molar-refractivity contribution in [3.05, 3.63) is 0 Å². The van der Waals surface area contributed by atoms with Gasteiger partial charge in [0.25, 0.3) is 0 Å². The largest absolute Gasteiger partial charge is 0.444 e. The van der Waals surface area contributed by atoms with Crippen molar-refractivity contribution in [1.29, 1.82) is 5.26 Å². The van der Waals surface area contributed by atoms with Gasteiger partial charge in [0.1, 0.15) is 12.0 Å². The van der Waals surface area contributed by atoms with E-state index in [2.05, 4.69) is 0 Å². The Hall–Kier alpha value is -1.77. The number of ether oxygens (including phenoxy) is 1. The average molecular weight is 321 g/mol. The number of piperidine rings is 1. The molecule has 2 aliphatic heterocycles. The van der Waals surface area contributed by atoms with Gasteiger partial charge in [-0.3, -0.25) is 4.79 Å². The molecule has 6 nitrogen and oxygen atoms in total. The molecule has 0 spiro atoms. The van der Waals surface area contributed by atoms with Gasteiger partial charge in [-0.2, -0.15) is 5.26 Å². The molecule has 0 unspecified atom stereocenters. The molecule has 0 aliphatic carbocycles. The van der Waals surface area contributed by atoms with Gasteiger partial charge in [-0.25, -0.2) is 4.79 Å². The van der Waals surface area contributed by atoms with Gasteiger partial charge in [-0.1, -0.05) is 0 Å². The van der Waals surface area contributed by atoms with Gasteiger partial charge in [0.2, 0.25) is 5.91 Å². The first kappa shape index (κ1) is 17.6. The zero-order chi connectivity index (χ0) is 17.0. The summed E-state index contributed by atoms with van der Waals surface area (Å²) in [5.41, 5.74) is -0.472. The van der Waals surface area contributed by atoms with E-state index in [1.807, 2.05) is 31.7 Å². The van der Waals surface area contributed by atoms with Gasteiger partial charge in [0.15, 0.2) is 0 Å². The zero-order valence-electron chi connectivity index (χ0n) is 14.4. The first-order chi connectivity index (χ1) is 10.8. The third-order valence-corrected chi connectivity index (χ3v) is 4.58. The Morgan fingerprint density at radius 1 is 1.13 bits per heavy atom. The molecule has 6 heteroatoms. The van der Waals surface area contributed by atoms with E-state index in [9.17, 15) is 9.59 Å². The summed E-state index contributed by atoms with van der Waals surface area (Å²) >= 11 is 0. The number of carbonyl (C=O) groups is 2. The summed E-state index contributed by atoms with van der Waals surface area (Å²) in [5.74, 6) is 0.762. The van der Waals surface area contributed by atoms with Gasteiger partial charge in [0.05, 0.1) is 6.07 Å². The fourth-order valence-corrected chi connectivity index (χ4v) is 3.47. The van der Waals surface area contributed by atoms with E-state index in [1.54, 1.807) is 4.90 Å². The van der Waals surface area contributed by atoms with Gasteiger partial charge in [-0.05, 0) is 51.9 Å². The second-order valence-corrected chi connectivity index (χ2v) is 7.55. The molecule has 0 radical (unpaired) electrons. The van der Waals surface area contributed by atoms with Crippen molar-refractivity contribution in [2.75, 3.05) is 26.2 Å². The zero-order valence-corrected chi connectivity index (χ0v) is 14.4. The Morgan fingerprint density at radius 3 is 2.43 bits per heavy atom. The molecule has 2 heterocycles. The summed E-state index contributed by atoms with van der Waals surface area (Å²) in [6.45, 7) is 8.52. The van der Waals surface area contributed by atoms with Gasteiger partial charge in [0, 0.05) is 26.2 Å². The molecule has 2 aliphatic rings. The van der Waals surface area contributed by atoms with Crippen LogP contribution in [-0.2, 0) is 9.53 Å². The number of carbonyl (C=O) groups excluding carboxylic acids is 2. The highest BCUT2D eigenvalue weighted by Gasteiger charge is 2.36. The van der Waals surface area contributed by atoms with Crippen LogP contribution in [0.3, 0.4) is 0 Å². The smallest absolute Gasteiger partial charge is 0.410 e. The Bertz CT molecular complexity index is 492.